The molecule has 0 atom stereocenters. The fourth-order valence-corrected chi connectivity index (χ4v) is 3.66. The van der Waals surface area contributed by atoms with Crippen molar-refractivity contribution in [3.8, 4) is 28.7 Å². The Balaban J connectivity index is 1.71. The molecule has 30 heavy (non-hydrogen) atoms. The molecule has 0 fully saturated rings. The summed E-state index contributed by atoms with van der Waals surface area (Å²) < 4.78 is 32.5. The lowest BCUT2D eigenvalue weighted by Crippen LogP contribution is -2.04. The predicted molar refractivity (Wildman–Crippen MR) is 106 cm³/mol. The molecule has 0 aliphatic carbocycles. The quantitative estimate of drug-likeness (QED) is 0.635. The number of nitrogens with zero attached hydrogens (tertiary/aromatic N) is 1. The number of aromatic nitrogens is 1. The van der Waals surface area contributed by atoms with Crippen LogP contribution in [0.4, 0.5) is 11.4 Å². The van der Waals surface area contributed by atoms with E-state index in [4.69, 9.17) is 28.4 Å². The first-order chi connectivity index (χ1) is 14.6. The number of fused-ring (bicyclic) bond motifs is 3. The van der Waals surface area contributed by atoms with E-state index >= 15 is 0 Å². The van der Waals surface area contributed by atoms with Gasteiger partial charge in [-0.05, 0) is 6.07 Å². The molecule has 2 aromatic carbocycles. The SMILES string of the molecule is COc1cc(Nc2c3c(nc4cc5c(cc24)OCO5)COC3=O)cc(OC)c1OC. The van der Waals surface area contributed by atoms with Crippen molar-refractivity contribution < 1.29 is 33.2 Å². The lowest BCUT2D eigenvalue weighted by molar-refractivity contribution is 0.0534. The summed E-state index contributed by atoms with van der Waals surface area (Å²) in [5.74, 6) is 2.19. The van der Waals surface area contributed by atoms with Crippen molar-refractivity contribution in [1.29, 1.82) is 0 Å². The van der Waals surface area contributed by atoms with Crippen LogP contribution in [0.3, 0.4) is 0 Å². The van der Waals surface area contributed by atoms with Gasteiger partial charge in [0.2, 0.25) is 12.5 Å². The molecule has 1 N–H and O–H groups in total. The number of hydrogen-bond acceptors (Lipinski definition) is 9. The van der Waals surface area contributed by atoms with Gasteiger partial charge in [-0.1, -0.05) is 0 Å². The molecule has 0 spiro atoms. The molecule has 2 aliphatic rings. The van der Waals surface area contributed by atoms with Gasteiger partial charge in [-0.15, -0.1) is 0 Å². The molecule has 0 bridgehead atoms. The maximum Gasteiger partial charge on any atom is 0.342 e. The van der Waals surface area contributed by atoms with E-state index in [-0.39, 0.29) is 13.4 Å². The highest BCUT2D eigenvalue weighted by molar-refractivity contribution is 6.09. The Morgan fingerprint density at radius 3 is 2.30 bits per heavy atom. The zero-order valence-electron chi connectivity index (χ0n) is 16.5. The van der Waals surface area contributed by atoms with Crippen LogP contribution in [0.25, 0.3) is 10.9 Å². The smallest absolute Gasteiger partial charge is 0.342 e. The standard InChI is InChI=1S/C21H18N2O7/c1-25-16-4-10(5-17(26-2)20(16)27-3)22-19-11-6-14-15(30-9-29-14)7-12(11)23-13-8-28-21(24)18(13)19/h4-7H,8-9H2,1-3H3,(H,22,23). The highest BCUT2D eigenvalue weighted by atomic mass is 16.7. The molecule has 9 nitrogen and oxygen atoms in total. The Kier molecular flexibility index (Phi) is 4.16. The molecule has 5 rings (SSSR count). The number of anilines is 2. The molecule has 154 valence electrons. The van der Waals surface area contributed by atoms with E-state index in [9.17, 15) is 4.79 Å². The van der Waals surface area contributed by atoms with Gasteiger partial charge in [-0.25, -0.2) is 9.78 Å². The summed E-state index contributed by atoms with van der Waals surface area (Å²) in [4.78, 5) is 17.1. The van der Waals surface area contributed by atoms with Gasteiger partial charge >= 0.3 is 5.97 Å². The fourth-order valence-electron chi connectivity index (χ4n) is 3.66. The summed E-state index contributed by atoms with van der Waals surface area (Å²) in [6.45, 7) is 0.255. The van der Waals surface area contributed by atoms with Gasteiger partial charge in [-0.3, -0.25) is 0 Å². The number of cyclic esters (lactones) is 1. The van der Waals surface area contributed by atoms with Crippen LogP contribution in [0.15, 0.2) is 24.3 Å². The van der Waals surface area contributed by atoms with E-state index in [1.54, 1.807) is 38.5 Å². The molecular formula is C21H18N2O7. The van der Waals surface area contributed by atoms with Crippen molar-refractivity contribution in [3.63, 3.8) is 0 Å². The lowest BCUT2D eigenvalue weighted by Gasteiger charge is -2.17. The zero-order valence-corrected chi connectivity index (χ0v) is 16.5. The van der Waals surface area contributed by atoms with Crippen molar-refractivity contribution in [3.05, 3.63) is 35.5 Å². The summed E-state index contributed by atoms with van der Waals surface area (Å²) in [5.41, 5.74) is 2.80. The normalized spacial score (nSPS) is 13.8. The van der Waals surface area contributed by atoms with E-state index in [0.29, 0.717) is 62.3 Å². The monoisotopic (exact) mass is 410 g/mol. The van der Waals surface area contributed by atoms with Crippen LogP contribution in [0, 0.1) is 0 Å². The number of ether oxygens (including phenoxy) is 6. The van der Waals surface area contributed by atoms with Crippen LogP contribution in [-0.4, -0.2) is 39.1 Å². The van der Waals surface area contributed by atoms with Crippen LogP contribution >= 0.6 is 0 Å². The Morgan fingerprint density at radius 1 is 0.933 bits per heavy atom. The van der Waals surface area contributed by atoms with E-state index in [0.717, 1.165) is 0 Å². The molecule has 0 amide bonds. The third kappa shape index (κ3) is 2.70. The first-order valence-electron chi connectivity index (χ1n) is 9.13. The molecule has 1 aromatic heterocycles. The summed E-state index contributed by atoms with van der Waals surface area (Å²) in [6, 6.07) is 7.11. The maximum atomic E-state index is 12.5. The minimum atomic E-state index is -0.438. The van der Waals surface area contributed by atoms with Crippen LogP contribution in [0.5, 0.6) is 28.7 Å². The first kappa shape index (κ1) is 18.2. The van der Waals surface area contributed by atoms with E-state index in [1.807, 2.05) is 0 Å². The highest BCUT2D eigenvalue weighted by Crippen LogP contribution is 2.44. The molecular weight excluding hydrogens is 392 g/mol. The van der Waals surface area contributed by atoms with E-state index in [1.165, 1.54) is 7.11 Å². The number of methoxy groups -OCH3 is 3. The van der Waals surface area contributed by atoms with Crippen LogP contribution < -0.4 is 29.0 Å². The van der Waals surface area contributed by atoms with Gasteiger partial charge in [0.05, 0.1) is 38.2 Å². The Labute approximate surface area is 171 Å². The van der Waals surface area contributed by atoms with Gasteiger partial charge in [0.15, 0.2) is 23.0 Å². The fraction of sp³-hybridized carbons (Fsp3) is 0.238. The number of nitrogens with one attached hydrogen (secondary N) is 1. The molecule has 0 saturated heterocycles. The van der Waals surface area contributed by atoms with Crippen LogP contribution in [-0.2, 0) is 11.3 Å². The molecule has 0 radical (unpaired) electrons. The second-order valence-corrected chi connectivity index (χ2v) is 6.65. The molecule has 3 aromatic rings. The average molecular weight is 410 g/mol. The molecule has 2 aliphatic heterocycles. The molecule has 0 unspecified atom stereocenters. The number of benzene rings is 2. The van der Waals surface area contributed by atoms with Crippen molar-refractivity contribution in [1.82, 2.24) is 4.98 Å². The number of hydrogen-bond donors (Lipinski definition) is 1. The van der Waals surface area contributed by atoms with Gasteiger partial charge < -0.3 is 33.7 Å². The summed E-state index contributed by atoms with van der Waals surface area (Å²) >= 11 is 0. The molecule has 9 heteroatoms. The third-order valence-electron chi connectivity index (χ3n) is 5.03. The van der Waals surface area contributed by atoms with Gasteiger partial charge in [0.1, 0.15) is 12.2 Å². The number of rotatable bonds is 5. The van der Waals surface area contributed by atoms with Crippen molar-refractivity contribution >= 4 is 28.2 Å². The van der Waals surface area contributed by atoms with Crippen LogP contribution in [0.2, 0.25) is 0 Å². The van der Waals surface area contributed by atoms with Gasteiger partial charge in [0.25, 0.3) is 0 Å². The van der Waals surface area contributed by atoms with Crippen molar-refractivity contribution in [2.45, 2.75) is 6.61 Å². The first-order valence-corrected chi connectivity index (χ1v) is 9.13. The number of carbonyl (C=O) groups excluding carboxylic acids is 1. The van der Waals surface area contributed by atoms with E-state index < -0.39 is 5.97 Å². The Hall–Kier alpha value is -3.88. The average Bonchev–Trinajstić information content (AvgIpc) is 3.37. The highest BCUT2D eigenvalue weighted by Gasteiger charge is 2.30. The summed E-state index contributed by atoms with van der Waals surface area (Å²) in [5, 5.41) is 4.02. The minimum Gasteiger partial charge on any atom is -0.493 e. The van der Waals surface area contributed by atoms with E-state index in [2.05, 4.69) is 10.3 Å². The Bertz CT molecular complexity index is 1170. The largest absolute Gasteiger partial charge is 0.493 e. The third-order valence-corrected chi connectivity index (χ3v) is 5.03. The second-order valence-electron chi connectivity index (χ2n) is 6.65. The molecule has 0 saturated carbocycles. The zero-order chi connectivity index (χ0) is 20.8. The Morgan fingerprint density at radius 2 is 1.63 bits per heavy atom. The van der Waals surface area contributed by atoms with Gasteiger partial charge in [-0.2, -0.15) is 0 Å². The predicted octanol–water partition coefficient (Wildman–Crippen LogP) is 3.40. The number of pyridine rings is 1. The van der Waals surface area contributed by atoms with Crippen molar-refractivity contribution in [2.24, 2.45) is 0 Å². The van der Waals surface area contributed by atoms with Crippen LogP contribution in [0.1, 0.15) is 16.1 Å². The maximum absolute atomic E-state index is 12.5. The lowest BCUT2D eigenvalue weighted by atomic mass is 10.1. The van der Waals surface area contributed by atoms with Crippen molar-refractivity contribution in [2.75, 3.05) is 33.4 Å². The molecule has 3 heterocycles. The number of carbonyl (C=O) groups is 1. The second kappa shape index (κ2) is 6.87. The minimum absolute atomic E-state index is 0.114. The van der Waals surface area contributed by atoms with Gasteiger partial charge in [0, 0.05) is 29.3 Å². The topological polar surface area (TPSA) is 97.4 Å². The number of esters is 1. The summed E-state index contributed by atoms with van der Waals surface area (Å²) in [7, 11) is 4.62. The summed E-state index contributed by atoms with van der Waals surface area (Å²) in [6.07, 6.45) is 0.